The van der Waals surface area contributed by atoms with Gasteiger partial charge in [0.25, 0.3) is 0 Å². The smallest absolute Gasteiger partial charge is 0.408 e. The molecule has 0 aromatic heterocycles. The summed E-state index contributed by atoms with van der Waals surface area (Å²) in [6.07, 6.45) is -0.716. The lowest BCUT2D eigenvalue weighted by atomic mass is 10.0. The van der Waals surface area contributed by atoms with Crippen molar-refractivity contribution in [1.82, 2.24) is 10.2 Å². The fourth-order valence-corrected chi connectivity index (χ4v) is 4.74. The number of aliphatic carboxylic acids is 1. The number of ether oxygens (including phenoxy) is 1. The molecular weight excluding hydrogens is 392 g/mol. The molecule has 1 saturated heterocycles. The number of carboxylic acids is 1. The molecule has 3 rings (SSSR count). The molecular formula is C21H24N2O5S. The summed E-state index contributed by atoms with van der Waals surface area (Å²) in [7, 11) is 0. The zero-order valence-electron chi connectivity index (χ0n) is 16.5. The highest BCUT2D eigenvalue weighted by atomic mass is 32.2. The van der Waals surface area contributed by atoms with Crippen LogP contribution in [0.3, 0.4) is 0 Å². The number of fused-ring (bicyclic) bond motifs is 1. The lowest BCUT2D eigenvalue weighted by Gasteiger charge is -2.28. The minimum Gasteiger partial charge on any atom is -0.480 e. The Kier molecular flexibility index (Phi) is 6.02. The molecule has 1 heterocycles. The van der Waals surface area contributed by atoms with Gasteiger partial charge in [-0.05, 0) is 37.1 Å². The van der Waals surface area contributed by atoms with E-state index in [0.717, 1.165) is 16.3 Å². The van der Waals surface area contributed by atoms with Crippen LogP contribution in [0.1, 0.15) is 31.7 Å². The van der Waals surface area contributed by atoms with Crippen LogP contribution in [0.2, 0.25) is 0 Å². The maximum Gasteiger partial charge on any atom is 0.408 e. The van der Waals surface area contributed by atoms with E-state index in [1.54, 1.807) is 20.8 Å². The molecule has 7 nitrogen and oxygen atoms in total. The largest absolute Gasteiger partial charge is 0.480 e. The average Bonchev–Trinajstić information content (AvgIpc) is 3.09. The summed E-state index contributed by atoms with van der Waals surface area (Å²) in [5, 5.41) is 13.6. The zero-order chi connectivity index (χ0) is 21.2. The molecule has 2 amide bonds. The van der Waals surface area contributed by atoms with E-state index < -0.39 is 35.0 Å². The Morgan fingerprint density at radius 2 is 1.86 bits per heavy atom. The van der Waals surface area contributed by atoms with Crippen molar-refractivity contribution in [2.45, 2.75) is 37.8 Å². The highest BCUT2D eigenvalue weighted by Crippen LogP contribution is 2.43. The molecule has 2 atom stereocenters. The maximum absolute atomic E-state index is 12.9. The van der Waals surface area contributed by atoms with Crippen molar-refractivity contribution in [1.29, 1.82) is 0 Å². The van der Waals surface area contributed by atoms with Gasteiger partial charge in [-0.25, -0.2) is 9.59 Å². The van der Waals surface area contributed by atoms with Crippen LogP contribution in [-0.2, 0) is 14.3 Å². The molecule has 0 saturated carbocycles. The number of benzene rings is 2. The SMILES string of the molecule is CC(C)(C)OC(=O)NCC(=O)N1[C@@H](c2cccc3ccccc23)SC[C@H]1C(=O)O. The molecule has 0 bridgehead atoms. The number of nitrogens with zero attached hydrogens (tertiary/aromatic N) is 1. The second-order valence-corrected chi connectivity index (χ2v) is 8.88. The fraction of sp³-hybridized carbons (Fsp3) is 0.381. The molecule has 154 valence electrons. The third kappa shape index (κ3) is 4.82. The lowest BCUT2D eigenvalue weighted by Crippen LogP contribution is -2.47. The van der Waals surface area contributed by atoms with E-state index in [-0.39, 0.29) is 12.3 Å². The number of rotatable bonds is 4. The van der Waals surface area contributed by atoms with Gasteiger partial charge < -0.3 is 20.1 Å². The predicted octanol–water partition coefficient (Wildman–Crippen LogP) is 3.39. The highest BCUT2D eigenvalue weighted by molar-refractivity contribution is 7.99. The van der Waals surface area contributed by atoms with Crippen LogP contribution in [0.25, 0.3) is 10.8 Å². The monoisotopic (exact) mass is 416 g/mol. The molecule has 2 aromatic rings. The van der Waals surface area contributed by atoms with E-state index in [2.05, 4.69) is 5.32 Å². The molecule has 29 heavy (non-hydrogen) atoms. The van der Waals surface area contributed by atoms with Gasteiger partial charge in [-0.15, -0.1) is 11.8 Å². The van der Waals surface area contributed by atoms with E-state index in [1.807, 2.05) is 42.5 Å². The van der Waals surface area contributed by atoms with Crippen molar-refractivity contribution in [2.24, 2.45) is 0 Å². The van der Waals surface area contributed by atoms with Gasteiger partial charge >= 0.3 is 12.1 Å². The van der Waals surface area contributed by atoms with Crippen LogP contribution < -0.4 is 5.32 Å². The lowest BCUT2D eigenvalue weighted by molar-refractivity contribution is -0.148. The molecule has 0 radical (unpaired) electrons. The number of carbonyl (C=O) groups is 3. The summed E-state index contributed by atoms with van der Waals surface area (Å²) < 4.78 is 5.15. The Bertz CT molecular complexity index is 935. The molecule has 0 spiro atoms. The number of thioether (sulfide) groups is 1. The minimum absolute atomic E-state index is 0.279. The summed E-state index contributed by atoms with van der Waals surface area (Å²) >= 11 is 1.41. The van der Waals surface area contributed by atoms with E-state index >= 15 is 0 Å². The molecule has 1 aliphatic heterocycles. The van der Waals surface area contributed by atoms with Gasteiger partial charge in [0.1, 0.15) is 23.6 Å². The van der Waals surface area contributed by atoms with E-state index in [1.165, 1.54) is 16.7 Å². The maximum atomic E-state index is 12.9. The third-order valence-corrected chi connectivity index (χ3v) is 5.75. The van der Waals surface area contributed by atoms with Crippen LogP contribution in [0.15, 0.2) is 42.5 Å². The van der Waals surface area contributed by atoms with Gasteiger partial charge in [0, 0.05) is 5.75 Å². The van der Waals surface area contributed by atoms with Crippen LogP contribution in [0, 0.1) is 0 Å². The number of amides is 2. The first kappa shape index (κ1) is 21.0. The Morgan fingerprint density at radius 3 is 2.55 bits per heavy atom. The van der Waals surface area contributed by atoms with Gasteiger partial charge in [0.15, 0.2) is 0 Å². The number of alkyl carbamates (subject to hydrolysis) is 1. The van der Waals surface area contributed by atoms with E-state index in [4.69, 9.17) is 4.74 Å². The van der Waals surface area contributed by atoms with Crippen molar-refractivity contribution in [3.05, 3.63) is 48.0 Å². The summed E-state index contributed by atoms with van der Waals surface area (Å²) in [6, 6.07) is 12.6. The van der Waals surface area contributed by atoms with E-state index in [0.29, 0.717) is 0 Å². The summed E-state index contributed by atoms with van der Waals surface area (Å²) in [6.45, 7) is 4.84. The van der Waals surface area contributed by atoms with Crippen molar-refractivity contribution in [3.8, 4) is 0 Å². The standard InChI is InChI=1S/C21H24N2O5S/c1-21(2,3)28-20(27)22-11-17(24)23-16(19(25)26)12-29-18(23)15-10-6-8-13-7-4-5-9-14(13)15/h4-10,16,18H,11-12H2,1-3H3,(H,22,27)(H,25,26)/t16-,18+/m0/s1. The van der Waals surface area contributed by atoms with Gasteiger partial charge in [0.2, 0.25) is 5.91 Å². The molecule has 1 aliphatic rings. The molecule has 8 heteroatoms. The number of carboxylic acid groups (broad SMARTS) is 1. The van der Waals surface area contributed by atoms with Crippen LogP contribution in [0.5, 0.6) is 0 Å². The Labute approximate surface area is 173 Å². The normalized spacial score (nSPS) is 19.2. The van der Waals surface area contributed by atoms with E-state index in [9.17, 15) is 19.5 Å². The molecule has 2 aromatic carbocycles. The van der Waals surface area contributed by atoms with Gasteiger partial charge in [-0.2, -0.15) is 0 Å². The number of nitrogens with one attached hydrogen (secondary N) is 1. The van der Waals surface area contributed by atoms with Crippen molar-refractivity contribution in [3.63, 3.8) is 0 Å². The third-order valence-electron chi connectivity index (χ3n) is 4.45. The molecule has 1 fully saturated rings. The fourth-order valence-electron chi connectivity index (χ4n) is 3.26. The summed E-state index contributed by atoms with van der Waals surface area (Å²) in [5.74, 6) is -1.25. The van der Waals surface area contributed by atoms with Gasteiger partial charge in [-0.3, -0.25) is 4.79 Å². The van der Waals surface area contributed by atoms with Crippen molar-refractivity contribution >= 4 is 40.5 Å². The topological polar surface area (TPSA) is 95.9 Å². The van der Waals surface area contributed by atoms with Crippen molar-refractivity contribution < 1.29 is 24.2 Å². The highest BCUT2D eigenvalue weighted by Gasteiger charge is 2.42. The Balaban J connectivity index is 1.85. The second kappa shape index (κ2) is 8.32. The van der Waals surface area contributed by atoms with Crippen LogP contribution in [0.4, 0.5) is 4.79 Å². The Hall–Kier alpha value is -2.74. The summed E-state index contributed by atoms with van der Waals surface area (Å²) in [4.78, 5) is 37.9. The zero-order valence-corrected chi connectivity index (χ0v) is 17.4. The number of hydrogen-bond acceptors (Lipinski definition) is 5. The van der Waals surface area contributed by atoms with Crippen LogP contribution >= 0.6 is 11.8 Å². The molecule has 2 N–H and O–H groups in total. The average molecular weight is 416 g/mol. The predicted molar refractivity (Wildman–Crippen MR) is 112 cm³/mol. The number of hydrogen-bond donors (Lipinski definition) is 2. The quantitative estimate of drug-likeness (QED) is 0.793. The van der Waals surface area contributed by atoms with Crippen LogP contribution in [-0.4, -0.2) is 51.9 Å². The molecule has 0 aliphatic carbocycles. The van der Waals surface area contributed by atoms with Crippen molar-refractivity contribution in [2.75, 3.05) is 12.3 Å². The second-order valence-electron chi connectivity index (χ2n) is 7.76. The minimum atomic E-state index is -1.06. The first-order valence-electron chi connectivity index (χ1n) is 9.27. The first-order chi connectivity index (χ1) is 13.7. The number of carbonyl (C=O) groups excluding carboxylic acids is 2. The molecule has 0 unspecified atom stereocenters. The first-order valence-corrected chi connectivity index (χ1v) is 10.3. The van der Waals surface area contributed by atoms with Gasteiger partial charge in [-0.1, -0.05) is 42.5 Å². The van der Waals surface area contributed by atoms with Gasteiger partial charge in [0.05, 0.1) is 0 Å². The summed E-state index contributed by atoms with van der Waals surface area (Å²) in [5.41, 5.74) is 0.189. The Morgan fingerprint density at radius 1 is 1.17 bits per heavy atom.